The number of rotatable bonds is 20. The lowest BCUT2D eigenvalue weighted by Gasteiger charge is -2.38. The molecule has 2 aromatic carbocycles. The van der Waals surface area contributed by atoms with Crippen LogP contribution in [0.1, 0.15) is 68.9 Å². The number of likely N-dealkylation sites (tertiary alicyclic amines) is 2. The van der Waals surface area contributed by atoms with Gasteiger partial charge in [-0.25, -0.2) is 111 Å². The number of alkyl halides is 4. The van der Waals surface area contributed by atoms with Crippen molar-refractivity contribution in [2.75, 3.05) is 76.8 Å². The second-order valence-electron chi connectivity index (χ2n) is 33.5. The van der Waals surface area contributed by atoms with Crippen LogP contribution in [0.2, 0.25) is 0 Å². The van der Waals surface area contributed by atoms with Gasteiger partial charge in [0.25, 0.3) is 33.7 Å². The highest BCUT2D eigenvalue weighted by Gasteiger charge is 2.47. The van der Waals surface area contributed by atoms with Crippen LogP contribution in [0, 0.1) is 38.2 Å². The Labute approximate surface area is 827 Å². The van der Waals surface area contributed by atoms with E-state index in [9.17, 15) is 71.5 Å². The first kappa shape index (κ1) is 99.6. The van der Waals surface area contributed by atoms with Gasteiger partial charge in [-0.1, -0.05) is 0 Å². The predicted molar refractivity (Wildman–Crippen MR) is 524 cm³/mol. The van der Waals surface area contributed by atoms with Crippen LogP contribution in [0.5, 0.6) is 5.75 Å². The molecule has 0 saturated carbocycles. The Morgan fingerprint density at radius 2 is 0.925 bits per heavy atom. The number of pyridine rings is 10. The van der Waals surface area contributed by atoms with Gasteiger partial charge in [-0.2, -0.15) is 10.2 Å². The van der Waals surface area contributed by atoms with Gasteiger partial charge in [0.15, 0.2) is 9.84 Å². The van der Waals surface area contributed by atoms with E-state index in [4.69, 9.17) is 4.74 Å². The number of aromatic nitrogens is 18. The molecule has 0 aliphatic carbocycles. The Morgan fingerprint density at radius 1 is 0.466 bits per heavy atom. The van der Waals surface area contributed by atoms with Crippen LogP contribution in [-0.4, -0.2) is 203 Å². The number of nitrogens with zero attached hydrogens (tertiary/aromatic N) is 21. The molecule has 37 nitrogen and oxygen atoms in total. The summed E-state index contributed by atoms with van der Waals surface area (Å²) in [5.74, 6) is -3.65. The van der Waals surface area contributed by atoms with E-state index in [-0.39, 0.29) is 59.4 Å². The normalized spacial score (nSPS) is 13.9. The summed E-state index contributed by atoms with van der Waals surface area (Å²) >= 11 is 0. The Balaban J connectivity index is 0.000000125. The number of nitrogens with one attached hydrogen (secondary N) is 6. The van der Waals surface area contributed by atoms with Gasteiger partial charge in [0, 0.05) is 166 Å². The number of anilines is 9. The lowest BCUT2D eigenvalue weighted by molar-refractivity contribution is -0.165. The first-order valence-electron chi connectivity index (χ1n) is 44.6. The number of sulfonamides is 1. The molecule has 21 rings (SSSR count). The van der Waals surface area contributed by atoms with Crippen molar-refractivity contribution in [2.45, 2.75) is 74.8 Å². The van der Waals surface area contributed by atoms with Gasteiger partial charge < -0.3 is 46.4 Å². The molecule has 2 saturated heterocycles. The van der Waals surface area contributed by atoms with Crippen molar-refractivity contribution in [3.63, 3.8) is 0 Å². The predicted octanol–water partition coefficient (Wildman–Crippen LogP) is 15.0. The number of hydrogen-bond donors (Lipinski definition) is 6. The molecule has 0 unspecified atom stereocenters. The quantitative estimate of drug-likeness (QED) is 0.0305. The average Bonchev–Trinajstić information content (AvgIpc) is 1.55. The zero-order valence-corrected chi connectivity index (χ0v) is 79.5. The van der Waals surface area contributed by atoms with Crippen LogP contribution in [0.4, 0.5) is 83.0 Å². The van der Waals surface area contributed by atoms with Crippen molar-refractivity contribution >= 4 is 113 Å². The highest BCUT2D eigenvalue weighted by atomic mass is 32.2. The van der Waals surface area contributed by atoms with Crippen LogP contribution in [0.25, 0.3) is 66.7 Å². The molecule has 0 bridgehead atoms. The van der Waals surface area contributed by atoms with Gasteiger partial charge in [0.05, 0.1) is 84.6 Å². The molecule has 6 N–H and O–H groups in total. The minimum absolute atomic E-state index is 0.0179. The van der Waals surface area contributed by atoms with Gasteiger partial charge in [-0.15, -0.1) is 0 Å². The van der Waals surface area contributed by atoms with Crippen molar-refractivity contribution in [3.8, 4) is 61.4 Å². The molecule has 4 aliphatic rings. The molecule has 15 aromatic heterocycles. The number of amides is 5. The summed E-state index contributed by atoms with van der Waals surface area (Å²) in [5, 5.41) is 25.9. The van der Waals surface area contributed by atoms with Crippen LogP contribution in [-0.2, 0) is 52.8 Å². The first-order chi connectivity index (χ1) is 70.0. The standard InChI is InChI=1S/C22H19F2N7O.C21H16F2N4O3S.C20H17FN4O4S.C19H16F2N6O.C18H16N6O/c1-14-25-6-4-19(28-14)29-20-9-15(2-5-26-20)17-8-16(18-3-7-27-31(18)11-17)10-21(32)30-12-22(23,24)13-30;1-13(28)26-21-9-14(4-6-24-21)15-8-16(19-5-7-25-27(19)11-15)12-31(29,30)20-3-2-17(22)10-18(20)23;1-13(26)24-20-9-14(4-5-23-20)15-8-17(12-22-11-15)25-6-7-29-18-10-16(21)2-3-19(18)30(25,27)28;1-12-23-5-3-16(25-12)26-17-7-13(2-4-24-17)14-6-15(9-22-8-14)18(28)27-10-19(20,21)11-27;1-11-19-7-4-16(23-11)24-17-9-12(2-5-20-17)13-8-14-15(22-10-13)3-6-21-18(14)25/h2-9,11H,10,12-13H2,1H3,(H,25,26,28,29);2-11H,12H2,1H3,(H,24,26,28);2-5,8-12H,6-7H2,1H3,(H,23,24,26);2-9H,10-11H2,1H3,(H,23,24,25,26);2,4-5,7-10H,3,6H2,1H3,(H,21,25)(H,19,20,23,24). The minimum Gasteiger partial charge on any atom is -0.490 e. The van der Waals surface area contributed by atoms with Crippen molar-refractivity contribution in [1.29, 1.82) is 0 Å². The zero-order chi connectivity index (χ0) is 103. The Kier molecular flexibility index (Phi) is 29.2. The van der Waals surface area contributed by atoms with Crippen LogP contribution >= 0.6 is 0 Å². The van der Waals surface area contributed by atoms with Crippen molar-refractivity contribution in [1.82, 2.24) is 104 Å². The van der Waals surface area contributed by atoms with E-state index < -0.39 is 91.9 Å². The largest absolute Gasteiger partial charge is 0.490 e. The van der Waals surface area contributed by atoms with E-state index in [1.807, 2.05) is 49.5 Å². The SMILES string of the molecule is CC(=O)Nc1cc(-c2cc(CS(=O)(=O)c3ccc(F)cc3F)c3ccnn3c2)ccn1.CC(=O)Nc1cc(-c2cncc(N3CCOc4cc(F)ccc4S3(=O)=O)c2)ccn1.Cc1nccc(Nc2cc(-c3cc(CC(=O)N4CC(F)(F)C4)c4ccnn4c3)ccn2)n1.Cc1nccc(Nc2cc(-c3cnc4c(c3)C(=O)NCC4)ccn2)n1.Cc1nccc(Nc2cc(-c3cncc(C(=O)N4CC(F)(F)C4)c3)ccn2)n1. The van der Waals surface area contributed by atoms with E-state index in [0.29, 0.717) is 127 Å². The van der Waals surface area contributed by atoms with Crippen molar-refractivity contribution < 1.29 is 76.3 Å². The third-order valence-electron chi connectivity index (χ3n) is 22.5. The molecule has 0 spiro atoms. The second-order valence-corrected chi connectivity index (χ2v) is 37.2. The maximum absolute atomic E-state index is 14.1. The summed E-state index contributed by atoms with van der Waals surface area (Å²) < 4.78 is 155. The summed E-state index contributed by atoms with van der Waals surface area (Å²) in [7, 11) is -8.09. The fourth-order valence-corrected chi connectivity index (χ4v) is 18.7. The first-order valence-corrected chi connectivity index (χ1v) is 47.7. The third kappa shape index (κ3) is 24.4. The summed E-state index contributed by atoms with van der Waals surface area (Å²) in [6.07, 6.45) is 28.4. The minimum atomic E-state index is -4.11. The van der Waals surface area contributed by atoms with Crippen molar-refractivity contribution in [2.24, 2.45) is 0 Å². The molecule has 5 amide bonds. The van der Waals surface area contributed by atoms with Crippen LogP contribution in [0.3, 0.4) is 0 Å². The molecule has 0 radical (unpaired) electrons. The van der Waals surface area contributed by atoms with Gasteiger partial charge in [-0.3, -0.25) is 43.2 Å². The topological polar surface area (TPSA) is 460 Å². The molecule has 46 heteroatoms. The zero-order valence-electron chi connectivity index (χ0n) is 77.8. The van der Waals surface area contributed by atoms with Gasteiger partial charge in [-0.05, 0) is 205 Å². The molecule has 4 aliphatic heterocycles. The second kappa shape index (κ2) is 42.8. The summed E-state index contributed by atoms with van der Waals surface area (Å²) in [6.45, 7) is 6.74. The summed E-state index contributed by atoms with van der Waals surface area (Å²) in [5.41, 5.74) is 12.1. The van der Waals surface area contributed by atoms with Gasteiger partial charge >= 0.3 is 0 Å². The molecule has 17 aromatic rings. The molecule has 2 fully saturated rings. The highest BCUT2D eigenvalue weighted by Crippen LogP contribution is 2.38. The Hall–Kier alpha value is -18.0. The molecule has 0 atom stereocenters. The number of fused-ring (bicyclic) bond motifs is 4. The maximum Gasteiger partial charge on any atom is 0.282 e. The number of ether oxygens (including phenoxy) is 1. The van der Waals surface area contributed by atoms with Crippen LogP contribution < -0.4 is 40.9 Å². The lowest BCUT2D eigenvalue weighted by atomic mass is 10.0. The van der Waals surface area contributed by atoms with E-state index in [2.05, 4.69) is 112 Å². The fourth-order valence-electron chi connectivity index (χ4n) is 15.7. The van der Waals surface area contributed by atoms with E-state index in [0.717, 1.165) is 80.2 Å². The number of benzene rings is 2. The monoisotopic (exact) mass is 2020 g/mol. The average molecular weight is 2020 g/mol. The number of aryl methyl sites for hydroxylation is 3. The molecule has 19 heterocycles. The molecule has 740 valence electrons. The number of carbonyl (C=O) groups excluding carboxylic acids is 5. The van der Waals surface area contributed by atoms with E-state index in [1.54, 1.807) is 171 Å². The number of halogens is 7. The Bertz CT molecular complexity index is 8120. The van der Waals surface area contributed by atoms with Crippen molar-refractivity contribution in [3.05, 3.63) is 326 Å². The fraction of sp³-hybridized carbons (Fsp3) is 0.170. The number of hydrogen-bond acceptors (Lipinski definition) is 29. The molecule has 146 heavy (non-hydrogen) atoms. The highest BCUT2D eigenvalue weighted by molar-refractivity contribution is 7.93. The van der Waals surface area contributed by atoms with Gasteiger partial charge in [0.2, 0.25) is 17.7 Å². The molecular weight excluding hydrogens is 1940 g/mol. The summed E-state index contributed by atoms with van der Waals surface area (Å²) in [4.78, 5) is 120. The van der Waals surface area contributed by atoms with Gasteiger partial charge in [0.1, 0.15) is 104 Å². The van der Waals surface area contributed by atoms with E-state index >= 15 is 0 Å². The number of sulfone groups is 1. The lowest BCUT2D eigenvalue weighted by Crippen LogP contribution is -2.58. The smallest absolute Gasteiger partial charge is 0.282 e. The molecular formula is C100H84F7N27O10S2. The Morgan fingerprint density at radius 3 is 1.44 bits per heavy atom. The van der Waals surface area contributed by atoms with E-state index in [1.165, 1.54) is 64.6 Å². The maximum atomic E-state index is 14.1. The van der Waals surface area contributed by atoms with Crippen LogP contribution in [0.15, 0.2) is 273 Å². The number of carbonyl (C=O) groups is 5. The summed E-state index contributed by atoms with van der Waals surface area (Å²) in [6, 6.07) is 41.0. The third-order valence-corrected chi connectivity index (χ3v) is 26.0.